The van der Waals surface area contributed by atoms with Gasteiger partial charge in [-0.1, -0.05) is 30.7 Å². The number of nitrogens with zero attached hydrogens (tertiary/aromatic N) is 3. The number of carbonyl (C=O) groups excluding carboxylic acids is 2. The summed E-state index contributed by atoms with van der Waals surface area (Å²) in [6.07, 6.45) is 2.89. The molecule has 3 rings (SSSR count). The molecule has 1 N–H and O–H groups in total. The second-order valence-electron chi connectivity index (χ2n) is 7.07. The highest BCUT2D eigenvalue weighted by molar-refractivity contribution is 7.99. The van der Waals surface area contributed by atoms with Crippen molar-refractivity contribution >= 4 is 35.2 Å². The Morgan fingerprint density at radius 3 is 2.79 bits per heavy atom. The summed E-state index contributed by atoms with van der Waals surface area (Å²) < 4.78 is 1.66. The molecule has 0 saturated carbocycles. The van der Waals surface area contributed by atoms with Crippen LogP contribution in [0.5, 0.6) is 0 Å². The number of carbonyl (C=O) groups is 2. The maximum absolute atomic E-state index is 13.0. The van der Waals surface area contributed by atoms with Crippen molar-refractivity contribution < 1.29 is 9.59 Å². The Kier molecular flexibility index (Phi) is 8.00. The van der Waals surface area contributed by atoms with Crippen molar-refractivity contribution in [3.63, 3.8) is 0 Å². The molecule has 1 aliphatic heterocycles. The molecule has 0 atom stereocenters. The van der Waals surface area contributed by atoms with Crippen LogP contribution in [0.25, 0.3) is 0 Å². The van der Waals surface area contributed by atoms with E-state index in [4.69, 9.17) is 11.6 Å². The van der Waals surface area contributed by atoms with Crippen LogP contribution in [0.2, 0.25) is 5.02 Å². The first-order chi connectivity index (χ1) is 14.1. The molecule has 1 aliphatic rings. The third-order valence-corrected chi connectivity index (χ3v) is 6.23. The zero-order valence-electron chi connectivity index (χ0n) is 16.7. The van der Waals surface area contributed by atoms with Crippen molar-refractivity contribution in [3.8, 4) is 0 Å². The molecular formula is C21H27ClN4O2S. The summed E-state index contributed by atoms with van der Waals surface area (Å²) in [5.74, 6) is 1.87. The van der Waals surface area contributed by atoms with Gasteiger partial charge >= 0.3 is 0 Å². The van der Waals surface area contributed by atoms with Gasteiger partial charge in [0.15, 0.2) is 5.69 Å². The number of hydrogen-bond acceptors (Lipinski definition) is 4. The summed E-state index contributed by atoms with van der Waals surface area (Å²) in [7, 11) is 0. The van der Waals surface area contributed by atoms with E-state index in [-0.39, 0.29) is 11.8 Å². The quantitative estimate of drug-likeness (QED) is 0.609. The first-order valence-corrected chi connectivity index (χ1v) is 11.6. The van der Waals surface area contributed by atoms with E-state index in [1.165, 1.54) is 6.42 Å². The predicted octanol–water partition coefficient (Wildman–Crippen LogP) is 3.85. The molecule has 2 aromatic rings. The molecule has 0 unspecified atom stereocenters. The van der Waals surface area contributed by atoms with Gasteiger partial charge in [0.1, 0.15) is 5.69 Å². The number of amides is 2. The first-order valence-electron chi connectivity index (χ1n) is 10.1. The third kappa shape index (κ3) is 6.00. The monoisotopic (exact) mass is 434 g/mol. The van der Waals surface area contributed by atoms with Crippen LogP contribution in [0, 0.1) is 0 Å². The molecular weight excluding hydrogens is 408 g/mol. The van der Waals surface area contributed by atoms with Gasteiger partial charge in [0.25, 0.3) is 11.8 Å². The number of nitrogens with one attached hydrogen (secondary N) is 1. The zero-order valence-corrected chi connectivity index (χ0v) is 18.3. The van der Waals surface area contributed by atoms with Gasteiger partial charge < -0.3 is 10.2 Å². The highest BCUT2D eigenvalue weighted by atomic mass is 35.5. The van der Waals surface area contributed by atoms with Gasteiger partial charge in [0.2, 0.25) is 0 Å². The molecule has 0 radical (unpaired) electrons. The Balaban J connectivity index is 1.60. The number of thioether (sulfide) groups is 1. The molecule has 0 spiro atoms. The highest BCUT2D eigenvalue weighted by Gasteiger charge is 2.26. The van der Waals surface area contributed by atoms with E-state index in [1.807, 2.05) is 36.0 Å². The summed E-state index contributed by atoms with van der Waals surface area (Å²) >= 11 is 7.84. The van der Waals surface area contributed by atoms with E-state index in [0.29, 0.717) is 42.6 Å². The molecule has 2 heterocycles. The Hall–Kier alpha value is -1.99. The van der Waals surface area contributed by atoms with Crippen LogP contribution in [0.15, 0.2) is 30.3 Å². The fourth-order valence-electron chi connectivity index (χ4n) is 3.22. The number of hydrogen-bond donors (Lipinski definition) is 1. The van der Waals surface area contributed by atoms with E-state index in [0.717, 1.165) is 29.9 Å². The summed E-state index contributed by atoms with van der Waals surface area (Å²) in [5.41, 5.74) is 1.80. The molecule has 0 aliphatic carbocycles. The lowest BCUT2D eigenvalue weighted by Gasteiger charge is -2.20. The largest absolute Gasteiger partial charge is 0.351 e. The van der Waals surface area contributed by atoms with Crippen LogP contribution in [0.1, 0.15) is 52.7 Å². The van der Waals surface area contributed by atoms with E-state index >= 15 is 0 Å². The first kappa shape index (κ1) is 21.7. The maximum Gasteiger partial charge on any atom is 0.272 e. The molecule has 0 fully saturated rings. The molecule has 156 valence electrons. The van der Waals surface area contributed by atoms with Crippen LogP contribution in [0.3, 0.4) is 0 Å². The lowest BCUT2D eigenvalue weighted by Crippen LogP contribution is -2.30. The lowest BCUT2D eigenvalue weighted by molar-refractivity contribution is 0.0745. The third-order valence-electron chi connectivity index (χ3n) is 4.70. The van der Waals surface area contributed by atoms with Crippen molar-refractivity contribution in [2.24, 2.45) is 0 Å². The minimum absolute atomic E-state index is 0.0973. The number of fused-ring (bicyclic) bond motifs is 1. The van der Waals surface area contributed by atoms with Crippen molar-refractivity contribution in [1.29, 1.82) is 0 Å². The second-order valence-corrected chi connectivity index (χ2v) is 8.73. The fraction of sp³-hybridized carbons (Fsp3) is 0.476. The minimum atomic E-state index is -0.219. The minimum Gasteiger partial charge on any atom is -0.351 e. The van der Waals surface area contributed by atoms with Crippen LogP contribution in [0.4, 0.5) is 0 Å². The molecule has 1 aromatic heterocycles. The Labute approximate surface area is 181 Å². The van der Waals surface area contributed by atoms with Gasteiger partial charge in [-0.25, -0.2) is 0 Å². The number of benzene rings is 1. The Morgan fingerprint density at radius 2 is 2.03 bits per heavy atom. The van der Waals surface area contributed by atoms with Gasteiger partial charge in [0.05, 0.1) is 0 Å². The molecule has 8 heteroatoms. The van der Waals surface area contributed by atoms with Crippen molar-refractivity contribution in [1.82, 2.24) is 20.0 Å². The van der Waals surface area contributed by atoms with E-state index in [2.05, 4.69) is 17.3 Å². The molecule has 0 bridgehead atoms. The summed E-state index contributed by atoms with van der Waals surface area (Å²) in [4.78, 5) is 27.2. The van der Waals surface area contributed by atoms with Gasteiger partial charge in [-0.15, -0.1) is 0 Å². The lowest BCUT2D eigenvalue weighted by atomic mass is 10.2. The normalized spacial score (nSPS) is 13.9. The van der Waals surface area contributed by atoms with Crippen LogP contribution < -0.4 is 5.32 Å². The van der Waals surface area contributed by atoms with Gasteiger partial charge in [-0.3, -0.25) is 14.3 Å². The molecule has 0 saturated heterocycles. The van der Waals surface area contributed by atoms with Crippen LogP contribution >= 0.6 is 23.4 Å². The smallest absolute Gasteiger partial charge is 0.272 e. The molecule has 1 aromatic carbocycles. The maximum atomic E-state index is 13.0. The van der Waals surface area contributed by atoms with Crippen molar-refractivity contribution in [2.75, 3.05) is 24.6 Å². The Morgan fingerprint density at radius 1 is 1.24 bits per heavy atom. The molecule has 29 heavy (non-hydrogen) atoms. The fourth-order valence-corrected chi connectivity index (χ4v) is 4.19. The van der Waals surface area contributed by atoms with Crippen LogP contribution in [-0.4, -0.2) is 51.1 Å². The molecule has 6 nitrogen and oxygen atoms in total. The van der Waals surface area contributed by atoms with E-state index in [9.17, 15) is 9.59 Å². The number of halogens is 1. The molecule has 2 amide bonds. The van der Waals surface area contributed by atoms with Crippen molar-refractivity contribution in [3.05, 3.63) is 52.3 Å². The average Bonchev–Trinajstić information content (AvgIpc) is 3.09. The topological polar surface area (TPSA) is 67.2 Å². The highest BCUT2D eigenvalue weighted by Crippen LogP contribution is 2.18. The summed E-state index contributed by atoms with van der Waals surface area (Å²) in [6.45, 7) is 4.57. The zero-order chi connectivity index (χ0) is 20.6. The van der Waals surface area contributed by atoms with Gasteiger partial charge in [-0.05, 0) is 48.5 Å². The predicted molar refractivity (Wildman–Crippen MR) is 118 cm³/mol. The standard InChI is InChI=1S/C21H27ClN4O2S/c1-2-12-29-13-3-9-23-20(27)18-14-19-21(28)25(10-4-11-26(19)24-18)15-16-5-7-17(22)8-6-16/h5-8,14H,2-4,9-13,15H2,1H3,(H,23,27). The van der Waals surface area contributed by atoms with Gasteiger partial charge in [-0.2, -0.15) is 16.9 Å². The van der Waals surface area contributed by atoms with E-state index in [1.54, 1.807) is 15.6 Å². The summed E-state index contributed by atoms with van der Waals surface area (Å²) in [5, 5.41) is 7.96. The SMILES string of the molecule is CCCSCCCNC(=O)c1cc2n(n1)CCCN(Cc1ccc(Cl)cc1)C2=O. The number of rotatable bonds is 9. The Bertz CT molecular complexity index is 838. The summed E-state index contributed by atoms with van der Waals surface area (Å²) in [6, 6.07) is 9.12. The number of aryl methyl sites for hydroxylation is 1. The van der Waals surface area contributed by atoms with Crippen LogP contribution in [-0.2, 0) is 13.1 Å². The average molecular weight is 435 g/mol. The van der Waals surface area contributed by atoms with Crippen molar-refractivity contribution in [2.45, 2.75) is 39.3 Å². The van der Waals surface area contributed by atoms with Gasteiger partial charge in [0, 0.05) is 37.3 Å². The van der Waals surface area contributed by atoms with E-state index < -0.39 is 0 Å². The second kappa shape index (κ2) is 10.7. The number of aromatic nitrogens is 2.